The van der Waals surface area contributed by atoms with Gasteiger partial charge in [-0.15, -0.1) is 0 Å². The van der Waals surface area contributed by atoms with Crippen LogP contribution in [0.1, 0.15) is 17.3 Å². The van der Waals surface area contributed by atoms with E-state index in [0.717, 1.165) is 0 Å². The maximum atomic E-state index is 11.9. The van der Waals surface area contributed by atoms with Crippen molar-refractivity contribution < 1.29 is 9.59 Å². The van der Waals surface area contributed by atoms with Crippen LogP contribution in [0.15, 0.2) is 18.2 Å². The summed E-state index contributed by atoms with van der Waals surface area (Å²) in [5.41, 5.74) is 1.18. The predicted octanol–water partition coefficient (Wildman–Crippen LogP) is 1.25. The Balaban J connectivity index is 2.60. The molecule has 0 saturated carbocycles. The van der Waals surface area contributed by atoms with Gasteiger partial charge in [0.1, 0.15) is 0 Å². The lowest BCUT2D eigenvalue weighted by molar-refractivity contribution is -0.118. The van der Waals surface area contributed by atoms with Crippen LogP contribution in [0.3, 0.4) is 0 Å². The van der Waals surface area contributed by atoms with E-state index in [1.165, 1.54) is 6.92 Å². The van der Waals surface area contributed by atoms with Crippen molar-refractivity contribution in [3.63, 3.8) is 0 Å². The Morgan fingerprint density at radius 3 is 2.50 bits per heavy atom. The lowest BCUT2D eigenvalue weighted by Crippen LogP contribution is -2.33. The smallest absolute Gasteiger partial charge is 0.253 e. The Bertz CT molecular complexity index is 449. The number of halogens is 1. The van der Waals surface area contributed by atoms with Crippen molar-refractivity contribution >= 4 is 29.1 Å². The number of benzene rings is 1. The van der Waals surface area contributed by atoms with Gasteiger partial charge in [0.2, 0.25) is 5.91 Å². The van der Waals surface area contributed by atoms with Crippen LogP contribution in [0.4, 0.5) is 5.69 Å². The number of anilines is 1. The molecule has 0 atom stereocenters. The van der Waals surface area contributed by atoms with Crippen molar-refractivity contribution in [2.75, 3.05) is 25.5 Å². The van der Waals surface area contributed by atoms with E-state index < -0.39 is 0 Å². The summed E-state index contributed by atoms with van der Waals surface area (Å²) in [7, 11) is 1.73. The van der Waals surface area contributed by atoms with Crippen molar-refractivity contribution in [2.45, 2.75) is 6.92 Å². The second kappa shape index (κ2) is 6.86. The normalized spacial score (nSPS) is 9.72. The van der Waals surface area contributed by atoms with E-state index in [2.05, 4.69) is 16.0 Å². The SMILES string of the molecule is CNc1ccc(Cl)cc1C(=O)NCCNC(C)=O. The first-order valence-corrected chi connectivity index (χ1v) is 5.92. The first-order chi connectivity index (χ1) is 8.54. The first kappa shape index (κ1) is 14.3. The molecule has 1 aromatic rings. The van der Waals surface area contributed by atoms with Gasteiger partial charge >= 0.3 is 0 Å². The van der Waals surface area contributed by atoms with E-state index in [1.807, 2.05) is 0 Å². The zero-order valence-electron chi connectivity index (χ0n) is 10.3. The molecule has 6 heteroatoms. The summed E-state index contributed by atoms with van der Waals surface area (Å²) in [6, 6.07) is 5.05. The maximum Gasteiger partial charge on any atom is 0.253 e. The number of nitrogens with one attached hydrogen (secondary N) is 3. The summed E-state index contributed by atoms with van der Waals surface area (Å²) >= 11 is 5.86. The van der Waals surface area contributed by atoms with Gasteiger partial charge in [-0.3, -0.25) is 9.59 Å². The number of carbonyl (C=O) groups excluding carboxylic acids is 2. The van der Waals surface area contributed by atoms with Gasteiger partial charge in [-0.2, -0.15) is 0 Å². The van der Waals surface area contributed by atoms with Crippen LogP contribution in [-0.2, 0) is 4.79 Å². The third-order valence-electron chi connectivity index (χ3n) is 2.28. The molecule has 0 saturated heterocycles. The highest BCUT2D eigenvalue weighted by atomic mass is 35.5. The maximum absolute atomic E-state index is 11.9. The van der Waals surface area contributed by atoms with E-state index in [-0.39, 0.29) is 11.8 Å². The monoisotopic (exact) mass is 269 g/mol. The molecule has 0 fully saturated rings. The van der Waals surface area contributed by atoms with Crippen molar-refractivity contribution in [3.05, 3.63) is 28.8 Å². The molecule has 5 nitrogen and oxygen atoms in total. The van der Waals surface area contributed by atoms with Gasteiger partial charge in [0.15, 0.2) is 0 Å². The predicted molar refractivity (Wildman–Crippen MR) is 72.0 cm³/mol. The molecule has 98 valence electrons. The lowest BCUT2D eigenvalue weighted by Gasteiger charge is -2.10. The molecule has 1 aromatic carbocycles. The second-order valence-corrected chi connectivity index (χ2v) is 4.12. The minimum Gasteiger partial charge on any atom is -0.387 e. The highest BCUT2D eigenvalue weighted by molar-refractivity contribution is 6.31. The van der Waals surface area contributed by atoms with Crippen LogP contribution in [-0.4, -0.2) is 32.0 Å². The first-order valence-electron chi connectivity index (χ1n) is 5.54. The molecule has 0 aliphatic heterocycles. The molecular weight excluding hydrogens is 254 g/mol. The molecule has 0 aliphatic rings. The molecule has 1 rings (SSSR count). The topological polar surface area (TPSA) is 70.2 Å². The molecular formula is C12H16ClN3O2. The Morgan fingerprint density at radius 2 is 1.89 bits per heavy atom. The number of carbonyl (C=O) groups is 2. The minimum absolute atomic E-state index is 0.122. The second-order valence-electron chi connectivity index (χ2n) is 3.68. The summed E-state index contributed by atoms with van der Waals surface area (Å²) < 4.78 is 0. The highest BCUT2D eigenvalue weighted by Crippen LogP contribution is 2.19. The van der Waals surface area contributed by atoms with Crippen LogP contribution in [0.2, 0.25) is 5.02 Å². The number of hydrogen-bond donors (Lipinski definition) is 3. The van der Waals surface area contributed by atoms with Crippen molar-refractivity contribution in [3.8, 4) is 0 Å². The van der Waals surface area contributed by atoms with E-state index in [9.17, 15) is 9.59 Å². The third kappa shape index (κ3) is 4.25. The van der Waals surface area contributed by atoms with Crippen LogP contribution >= 0.6 is 11.6 Å². The van der Waals surface area contributed by atoms with Crippen molar-refractivity contribution in [2.24, 2.45) is 0 Å². The van der Waals surface area contributed by atoms with E-state index in [1.54, 1.807) is 25.2 Å². The van der Waals surface area contributed by atoms with E-state index in [4.69, 9.17) is 11.6 Å². The number of amides is 2. The molecule has 0 unspecified atom stereocenters. The van der Waals surface area contributed by atoms with E-state index in [0.29, 0.717) is 29.4 Å². The van der Waals surface area contributed by atoms with Gasteiger partial charge in [0.25, 0.3) is 5.91 Å². The summed E-state index contributed by atoms with van der Waals surface area (Å²) in [6.07, 6.45) is 0. The molecule has 0 heterocycles. The zero-order valence-corrected chi connectivity index (χ0v) is 11.1. The van der Waals surface area contributed by atoms with Crippen molar-refractivity contribution in [1.82, 2.24) is 10.6 Å². The van der Waals surface area contributed by atoms with Gasteiger partial charge in [-0.25, -0.2) is 0 Å². The number of rotatable bonds is 5. The molecule has 18 heavy (non-hydrogen) atoms. The average molecular weight is 270 g/mol. The van der Waals surface area contributed by atoms with E-state index >= 15 is 0 Å². The molecule has 3 N–H and O–H groups in total. The van der Waals surface area contributed by atoms with Gasteiger partial charge in [-0.1, -0.05) is 11.6 Å². The average Bonchev–Trinajstić information content (AvgIpc) is 2.34. The Kier molecular flexibility index (Phi) is 5.45. The fourth-order valence-electron chi connectivity index (χ4n) is 1.43. The fourth-order valence-corrected chi connectivity index (χ4v) is 1.60. The van der Waals surface area contributed by atoms with Gasteiger partial charge in [0.05, 0.1) is 5.56 Å². The largest absolute Gasteiger partial charge is 0.387 e. The molecule has 0 bridgehead atoms. The third-order valence-corrected chi connectivity index (χ3v) is 2.52. The molecule has 0 aliphatic carbocycles. The summed E-state index contributed by atoms with van der Waals surface area (Å²) in [4.78, 5) is 22.6. The lowest BCUT2D eigenvalue weighted by atomic mass is 10.1. The quantitative estimate of drug-likeness (QED) is 0.705. The van der Waals surface area contributed by atoms with Crippen LogP contribution in [0.25, 0.3) is 0 Å². The number of hydrogen-bond acceptors (Lipinski definition) is 3. The Hall–Kier alpha value is -1.75. The Morgan fingerprint density at radius 1 is 1.22 bits per heavy atom. The van der Waals surface area contributed by atoms with Crippen molar-refractivity contribution in [1.29, 1.82) is 0 Å². The summed E-state index contributed by atoms with van der Waals surface area (Å²) in [6.45, 7) is 2.20. The standard InChI is InChI=1S/C12H16ClN3O2/c1-8(17)15-5-6-16-12(18)10-7-9(13)3-4-11(10)14-2/h3-4,7,14H,5-6H2,1-2H3,(H,15,17)(H,16,18). The summed E-state index contributed by atoms with van der Waals surface area (Å²) in [5, 5.41) is 8.72. The molecule has 2 amide bonds. The molecule has 0 radical (unpaired) electrons. The Labute approximate surface area is 111 Å². The zero-order chi connectivity index (χ0) is 13.5. The molecule has 0 aromatic heterocycles. The molecule has 0 spiro atoms. The van der Waals surface area contributed by atoms with Gasteiger partial charge in [-0.05, 0) is 18.2 Å². The fraction of sp³-hybridized carbons (Fsp3) is 0.333. The van der Waals surface area contributed by atoms with Gasteiger partial charge < -0.3 is 16.0 Å². The van der Waals surface area contributed by atoms with Crippen LogP contribution < -0.4 is 16.0 Å². The highest BCUT2D eigenvalue weighted by Gasteiger charge is 2.10. The van der Waals surface area contributed by atoms with Crippen LogP contribution in [0.5, 0.6) is 0 Å². The minimum atomic E-state index is -0.229. The summed E-state index contributed by atoms with van der Waals surface area (Å²) in [5.74, 6) is -0.352. The van der Waals surface area contributed by atoms with Crippen LogP contribution in [0, 0.1) is 0 Å². The van der Waals surface area contributed by atoms with Gasteiger partial charge in [0, 0.05) is 37.8 Å².